The zero-order valence-corrected chi connectivity index (χ0v) is 17.8. The fraction of sp³-hybridized carbons (Fsp3) is 0.240. The molecule has 32 heavy (non-hydrogen) atoms. The normalized spacial score (nSPS) is 13.2. The number of nitriles is 1. The predicted octanol–water partition coefficient (Wildman–Crippen LogP) is 4.23. The van der Waals surface area contributed by atoms with Gasteiger partial charge in [0.1, 0.15) is 11.6 Å². The molecule has 0 aliphatic carbocycles. The van der Waals surface area contributed by atoms with Gasteiger partial charge < -0.3 is 14.2 Å². The number of hydrogen-bond acceptors (Lipinski definition) is 6. The average Bonchev–Trinajstić information content (AvgIpc) is 3.04. The van der Waals surface area contributed by atoms with Crippen molar-refractivity contribution in [2.24, 2.45) is 0 Å². The number of nitrogens with zero attached hydrogens (tertiary/aromatic N) is 3. The second-order valence-electron chi connectivity index (χ2n) is 7.22. The van der Waals surface area contributed by atoms with Crippen molar-refractivity contribution in [2.45, 2.75) is 19.9 Å². The van der Waals surface area contributed by atoms with E-state index in [2.05, 4.69) is 0 Å². The fourth-order valence-electron chi connectivity index (χ4n) is 3.43. The molecule has 0 radical (unpaired) electrons. The second-order valence-corrected chi connectivity index (χ2v) is 7.22. The summed E-state index contributed by atoms with van der Waals surface area (Å²) in [5, 5.41) is 14.2. The molecule has 0 N–H and O–H groups in total. The molecule has 2 heterocycles. The van der Waals surface area contributed by atoms with Crippen LogP contribution < -0.4 is 9.47 Å². The summed E-state index contributed by atoms with van der Waals surface area (Å²) in [6.45, 7) is 3.63. The Balaban J connectivity index is 1.77. The molecule has 1 aliphatic rings. The van der Waals surface area contributed by atoms with Gasteiger partial charge in [-0.05, 0) is 36.8 Å². The first-order valence-corrected chi connectivity index (χ1v) is 10.5. The molecule has 0 bridgehead atoms. The lowest BCUT2D eigenvalue weighted by molar-refractivity contribution is -0.137. The van der Waals surface area contributed by atoms with Crippen LogP contribution in [0.2, 0.25) is 0 Å². The lowest BCUT2D eigenvalue weighted by Crippen LogP contribution is -2.06. The molecular formula is C25H23N3O4. The number of rotatable bonds is 6. The van der Waals surface area contributed by atoms with Crippen molar-refractivity contribution in [3.63, 3.8) is 0 Å². The average molecular weight is 429 g/mol. The molecule has 0 fully saturated rings. The van der Waals surface area contributed by atoms with E-state index in [4.69, 9.17) is 19.3 Å². The van der Waals surface area contributed by atoms with E-state index in [-0.39, 0.29) is 12.2 Å². The molecule has 1 aromatic heterocycles. The van der Waals surface area contributed by atoms with E-state index in [1.165, 1.54) is 6.08 Å². The number of benzene rings is 2. The highest BCUT2D eigenvalue weighted by Gasteiger charge is 2.18. The van der Waals surface area contributed by atoms with Crippen LogP contribution in [0.3, 0.4) is 0 Å². The van der Waals surface area contributed by atoms with Gasteiger partial charge in [0, 0.05) is 23.7 Å². The number of esters is 1. The van der Waals surface area contributed by atoms with Crippen LogP contribution in [0.25, 0.3) is 17.3 Å². The molecule has 0 unspecified atom stereocenters. The molecule has 0 saturated carbocycles. The van der Waals surface area contributed by atoms with Crippen molar-refractivity contribution in [3.05, 3.63) is 71.4 Å². The highest BCUT2D eigenvalue weighted by Crippen LogP contribution is 2.35. The van der Waals surface area contributed by atoms with Crippen LogP contribution in [0.5, 0.6) is 11.5 Å². The molecular weight excluding hydrogens is 406 g/mol. The van der Waals surface area contributed by atoms with Gasteiger partial charge in [-0.2, -0.15) is 10.4 Å². The summed E-state index contributed by atoms with van der Waals surface area (Å²) in [6.07, 6.45) is 4.15. The summed E-state index contributed by atoms with van der Waals surface area (Å²) in [6, 6.07) is 17.5. The molecule has 3 aromatic rings. The van der Waals surface area contributed by atoms with E-state index in [1.807, 2.05) is 60.8 Å². The van der Waals surface area contributed by atoms with Crippen LogP contribution in [0.4, 0.5) is 0 Å². The predicted molar refractivity (Wildman–Crippen MR) is 119 cm³/mol. The van der Waals surface area contributed by atoms with Crippen LogP contribution in [0.1, 0.15) is 24.5 Å². The highest BCUT2D eigenvalue weighted by molar-refractivity contribution is 5.98. The lowest BCUT2D eigenvalue weighted by atomic mass is 10.1. The minimum absolute atomic E-state index is 0.0818. The number of carbonyl (C=O) groups is 1. The van der Waals surface area contributed by atoms with Crippen molar-refractivity contribution in [1.29, 1.82) is 5.26 Å². The van der Waals surface area contributed by atoms with E-state index in [9.17, 15) is 10.1 Å². The van der Waals surface area contributed by atoms with E-state index in [0.717, 1.165) is 17.5 Å². The van der Waals surface area contributed by atoms with Crippen molar-refractivity contribution >= 4 is 12.0 Å². The van der Waals surface area contributed by atoms with Gasteiger partial charge in [0.05, 0.1) is 32.1 Å². The molecule has 0 spiro atoms. The first-order chi connectivity index (χ1) is 15.7. The Labute approximate surface area is 186 Å². The first kappa shape index (κ1) is 21.2. The van der Waals surface area contributed by atoms with Crippen LogP contribution >= 0.6 is 0 Å². The van der Waals surface area contributed by atoms with Gasteiger partial charge in [-0.15, -0.1) is 0 Å². The van der Waals surface area contributed by atoms with E-state index in [1.54, 1.807) is 11.6 Å². The second kappa shape index (κ2) is 9.84. The maximum atomic E-state index is 12.2. The Morgan fingerprint density at radius 3 is 2.72 bits per heavy atom. The number of hydrogen-bond donors (Lipinski definition) is 0. The third kappa shape index (κ3) is 4.81. The van der Waals surface area contributed by atoms with Crippen LogP contribution in [0, 0.1) is 11.3 Å². The maximum absolute atomic E-state index is 12.2. The van der Waals surface area contributed by atoms with E-state index < -0.39 is 5.97 Å². The zero-order valence-electron chi connectivity index (χ0n) is 17.8. The summed E-state index contributed by atoms with van der Waals surface area (Å²) >= 11 is 0. The Morgan fingerprint density at radius 1 is 1.19 bits per heavy atom. The summed E-state index contributed by atoms with van der Waals surface area (Å²) in [5.41, 5.74) is 3.07. The Bertz CT molecular complexity index is 1180. The zero-order chi connectivity index (χ0) is 22.3. The van der Waals surface area contributed by atoms with Gasteiger partial charge in [-0.25, -0.2) is 4.79 Å². The van der Waals surface area contributed by atoms with Crippen LogP contribution in [-0.2, 0) is 16.1 Å². The monoisotopic (exact) mass is 429 g/mol. The van der Waals surface area contributed by atoms with Gasteiger partial charge in [0.15, 0.2) is 11.5 Å². The van der Waals surface area contributed by atoms with Crippen molar-refractivity contribution in [3.8, 4) is 28.8 Å². The van der Waals surface area contributed by atoms with Gasteiger partial charge in [0.2, 0.25) is 0 Å². The Morgan fingerprint density at radius 2 is 1.97 bits per heavy atom. The summed E-state index contributed by atoms with van der Waals surface area (Å²) in [5.74, 6) is 0.685. The van der Waals surface area contributed by atoms with E-state index >= 15 is 0 Å². The quantitative estimate of drug-likeness (QED) is 0.331. The Hall–Kier alpha value is -4.05. The van der Waals surface area contributed by atoms with Gasteiger partial charge in [-0.1, -0.05) is 30.3 Å². The van der Waals surface area contributed by atoms with Gasteiger partial charge in [-0.3, -0.25) is 4.68 Å². The fourth-order valence-corrected chi connectivity index (χ4v) is 3.43. The topological polar surface area (TPSA) is 86.4 Å². The number of carbonyl (C=O) groups excluding carboxylic acids is 1. The van der Waals surface area contributed by atoms with Gasteiger partial charge in [0.25, 0.3) is 0 Å². The molecule has 0 saturated heterocycles. The summed E-state index contributed by atoms with van der Waals surface area (Å²) < 4.78 is 18.4. The smallest absolute Gasteiger partial charge is 0.348 e. The molecule has 162 valence electrons. The molecule has 0 atom stereocenters. The minimum atomic E-state index is -0.657. The third-order valence-corrected chi connectivity index (χ3v) is 4.91. The molecule has 0 amide bonds. The highest BCUT2D eigenvalue weighted by atomic mass is 16.5. The van der Waals surface area contributed by atoms with Gasteiger partial charge >= 0.3 is 5.97 Å². The third-order valence-electron chi connectivity index (χ3n) is 4.91. The SMILES string of the molecule is CCOC(=O)/C(C#N)=C/c1cn(Cc2ccccc2)nc1-c1ccc2c(c1)OCCCO2. The molecule has 1 aliphatic heterocycles. The van der Waals surface area contributed by atoms with Crippen LogP contribution in [-0.4, -0.2) is 35.6 Å². The van der Waals surface area contributed by atoms with Crippen molar-refractivity contribution < 1.29 is 19.0 Å². The largest absolute Gasteiger partial charge is 0.490 e. The van der Waals surface area contributed by atoms with E-state index in [0.29, 0.717) is 42.5 Å². The Kier molecular flexibility index (Phi) is 6.52. The molecule has 7 heteroatoms. The number of fused-ring (bicyclic) bond motifs is 1. The molecule has 2 aromatic carbocycles. The number of aromatic nitrogens is 2. The first-order valence-electron chi connectivity index (χ1n) is 10.5. The maximum Gasteiger partial charge on any atom is 0.348 e. The molecule has 7 nitrogen and oxygen atoms in total. The van der Waals surface area contributed by atoms with Crippen molar-refractivity contribution in [1.82, 2.24) is 9.78 Å². The lowest BCUT2D eigenvalue weighted by Gasteiger charge is -2.09. The van der Waals surface area contributed by atoms with Crippen molar-refractivity contribution in [2.75, 3.05) is 19.8 Å². The standard InChI is InChI=1S/C25H23N3O4/c1-2-30-25(29)20(15-26)13-21-17-28(16-18-7-4-3-5-8-18)27-24(21)19-9-10-22-23(14-19)32-12-6-11-31-22/h3-5,7-10,13-14,17H,2,6,11-12,16H2,1H3/b20-13+. The summed E-state index contributed by atoms with van der Waals surface area (Å²) in [4.78, 5) is 12.2. The van der Waals surface area contributed by atoms with Crippen LogP contribution in [0.15, 0.2) is 60.3 Å². The number of ether oxygens (including phenoxy) is 3. The minimum Gasteiger partial charge on any atom is -0.490 e. The summed E-state index contributed by atoms with van der Waals surface area (Å²) in [7, 11) is 0. The molecule has 4 rings (SSSR count).